The Bertz CT molecular complexity index is 1170. The van der Waals surface area contributed by atoms with Crippen LogP contribution in [0, 0.1) is 18.8 Å². The molecular formula is C26H28N4. The smallest absolute Gasteiger partial charge is 0.150 e. The van der Waals surface area contributed by atoms with E-state index in [2.05, 4.69) is 91.0 Å². The zero-order valence-corrected chi connectivity index (χ0v) is 17.9. The molecule has 1 fully saturated rings. The zero-order chi connectivity index (χ0) is 20.7. The van der Waals surface area contributed by atoms with E-state index >= 15 is 0 Å². The van der Waals surface area contributed by atoms with E-state index in [1.54, 1.807) is 6.33 Å². The van der Waals surface area contributed by atoms with E-state index in [0.29, 0.717) is 11.8 Å². The van der Waals surface area contributed by atoms with Crippen LogP contribution in [-0.2, 0) is 0 Å². The molecule has 0 aliphatic carbocycles. The summed E-state index contributed by atoms with van der Waals surface area (Å²) in [6.07, 6.45) is 5.23. The number of hydrogen-bond donors (Lipinski definition) is 0. The second-order valence-electron chi connectivity index (χ2n) is 8.86. The third-order valence-electron chi connectivity index (χ3n) is 6.10. The molecule has 0 N–H and O–H groups in total. The summed E-state index contributed by atoms with van der Waals surface area (Å²) in [4.78, 5) is 12.0. The van der Waals surface area contributed by atoms with Gasteiger partial charge in [0.25, 0.3) is 0 Å². The van der Waals surface area contributed by atoms with Crippen LogP contribution in [-0.4, -0.2) is 27.6 Å². The first-order valence-corrected chi connectivity index (χ1v) is 10.8. The summed E-state index contributed by atoms with van der Waals surface area (Å²) in [5.41, 5.74) is 5.72. The molecule has 0 spiro atoms. The number of benzene rings is 2. The number of rotatable bonds is 3. The van der Waals surface area contributed by atoms with Gasteiger partial charge < -0.3 is 9.47 Å². The summed E-state index contributed by atoms with van der Waals surface area (Å²) in [6.45, 7) is 8.90. The lowest BCUT2D eigenvalue weighted by Gasteiger charge is -2.36. The molecule has 4 nitrogen and oxygen atoms in total. The number of aromatic nitrogens is 3. The Morgan fingerprint density at radius 3 is 2.40 bits per heavy atom. The van der Waals surface area contributed by atoms with Crippen molar-refractivity contribution in [3.63, 3.8) is 0 Å². The minimum absolute atomic E-state index is 0.665. The molecule has 1 aliphatic rings. The Morgan fingerprint density at radius 2 is 1.67 bits per heavy atom. The third kappa shape index (κ3) is 3.36. The number of anilines is 1. The largest absolute Gasteiger partial charge is 0.355 e. The number of hydrogen-bond acceptors (Lipinski definition) is 3. The van der Waals surface area contributed by atoms with Crippen LogP contribution < -0.4 is 4.90 Å². The molecule has 0 amide bonds. The second kappa shape index (κ2) is 7.60. The predicted octanol–water partition coefficient (Wildman–Crippen LogP) is 5.88. The number of piperidine rings is 1. The molecule has 30 heavy (non-hydrogen) atoms. The average molecular weight is 397 g/mol. The minimum atomic E-state index is 0.665. The summed E-state index contributed by atoms with van der Waals surface area (Å²) in [7, 11) is 0. The normalized spacial score (nSPS) is 19.4. The van der Waals surface area contributed by atoms with Crippen molar-refractivity contribution in [1.29, 1.82) is 0 Å². The van der Waals surface area contributed by atoms with Crippen LogP contribution >= 0.6 is 0 Å². The molecule has 0 radical (unpaired) electrons. The topological polar surface area (TPSA) is 34.0 Å². The van der Waals surface area contributed by atoms with Gasteiger partial charge in [0.1, 0.15) is 12.1 Å². The summed E-state index contributed by atoms with van der Waals surface area (Å²) in [5.74, 6) is 2.39. The van der Waals surface area contributed by atoms with Gasteiger partial charge in [0.2, 0.25) is 0 Å². The van der Waals surface area contributed by atoms with Crippen molar-refractivity contribution in [2.24, 2.45) is 11.8 Å². The van der Waals surface area contributed by atoms with Crippen LogP contribution in [0.25, 0.3) is 27.8 Å². The summed E-state index contributed by atoms with van der Waals surface area (Å²) < 4.78 is 2.21. The molecule has 5 rings (SSSR count). The molecule has 0 saturated carbocycles. The van der Waals surface area contributed by atoms with Gasteiger partial charge in [0, 0.05) is 30.5 Å². The highest BCUT2D eigenvalue weighted by Crippen LogP contribution is 2.38. The van der Waals surface area contributed by atoms with E-state index in [1.807, 2.05) is 0 Å². The van der Waals surface area contributed by atoms with E-state index in [9.17, 15) is 0 Å². The molecule has 2 aromatic carbocycles. The third-order valence-corrected chi connectivity index (χ3v) is 6.10. The predicted molar refractivity (Wildman–Crippen MR) is 124 cm³/mol. The Hall–Kier alpha value is -3.14. The van der Waals surface area contributed by atoms with Crippen molar-refractivity contribution in [3.8, 4) is 16.8 Å². The van der Waals surface area contributed by atoms with Crippen molar-refractivity contribution >= 4 is 16.9 Å². The molecule has 3 heterocycles. The Morgan fingerprint density at radius 1 is 0.900 bits per heavy atom. The van der Waals surface area contributed by atoms with E-state index < -0.39 is 0 Å². The summed E-state index contributed by atoms with van der Waals surface area (Å²) in [6, 6.07) is 19.2. The van der Waals surface area contributed by atoms with Gasteiger partial charge >= 0.3 is 0 Å². The number of aryl methyl sites for hydroxylation is 1. The van der Waals surface area contributed by atoms with Gasteiger partial charge in [-0.15, -0.1) is 0 Å². The van der Waals surface area contributed by atoms with E-state index in [0.717, 1.165) is 35.6 Å². The SMILES string of the molecule is Cc1cccc(-n2cc(-c3ccccc3)c3c(N4C[C@@H](C)C[C@H](C)C4)ncnc32)c1. The molecule has 152 valence electrons. The van der Waals surface area contributed by atoms with Crippen LogP contribution in [0.4, 0.5) is 5.82 Å². The van der Waals surface area contributed by atoms with Crippen molar-refractivity contribution in [2.75, 3.05) is 18.0 Å². The summed E-state index contributed by atoms with van der Waals surface area (Å²) in [5, 5.41) is 1.14. The first-order valence-electron chi connectivity index (χ1n) is 10.8. The van der Waals surface area contributed by atoms with E-state index in [-0.39, 0.29) is 0 Å². The highest BCUT2D eigenvalue weighted by Gasteiger charge is 2.26. The van der Waals surface area contributed by atoms with Crippen molar-refractivity contribution in [2.45, 2.75) is 27.2 Å². The maximum absolute atomic E-state index is 4.81. The lowest BCUT2D eigenvalue weighted by Crippen LogP contribution is -2.39. The average Bonchev–Trinajstić information content (AvgIpc) is 3.13. The van der Waals surface area contributed by atoms with Gasteiger partial charge in [0.05, 0.1) is 5.39 Å². The van der Waals surface area contributed by atoms with E-state index in [4.69, 9.17) is 9.97 Å². The standard InChI is InChI=1S/C26H28N4/c1-18-8-7-11-22(13-18)30-16-23(21-9-5-4-6-10-21)24-25(27-17-28-26(24)30)29-14-19(2)12-20(3)15-29/h4-11,13,16-17,19-20H,12,14-15H2,1-3H3/t19-,20-/m0/s1. The molecule has 2 atom stereocenters. The lowest BCUT2D eigenvalue weighted by molar-refractivity contribution is 0.356. The lowest BCUT2D eigenvalue weighted by atomic mass is 9.91. The van der Waals surface area contributed by atoms with Crippen molar-refractivity contribution in [1.82, 2.24) is 14.5 Å². The number of nitrogens with zero attached hydrogens (tertiary/aromatic N) is 4. The Kier molecular flexibility index (Phi) is 4.78. The molecule has 0 bridgehead atoms. The monoisotopic (exact) mass is 396 g/mol. The number of fused-ring (bicyclic) bond motifs is 1. The van der Waals surface area contributed by atoms with Crippen LogP contribution in [0.5, 0.6) is 0 Å². The van der Waals surface area contributed by atoms with Crippen LogP contribution in [0.3, 0.4) is 0 Å². The Balaban J connectivity index is 1.76. The fourth-order valence-corrected chi connectivity index (χ4v) is 4.93. The molecule has 4 aromatic rings. The van der Waals surface area contributed by atoms with Crippen LogP contribution in [0.15, 0.2) is 67.1 Å². The zero-order valence-electron chi connectivity index (χ0n) is 17.9. The van der Waals surface area contributed by atoms with E-state index in [1.165, 1.54) is 23.1 Å². The molecule has 1 saturated heterocycles. The maximum atomic E-state index is 4.81. The fraction of sp³-hybridized carbons (Fsp3) is 0.308. The Labute approximate surface area is 178 Å². The van der Waals surface area contributed by atoms with Gasteiger partial charge in [-0.25, -0.2) is 9.97 Å². The van der Waals surface area contributed by atoms with Crippen LogP contribution in [0.2, 0.25) is 0 Å². The van der Waals surface area contributed by atoms with Crippen molar-refractivity contribution in [3.05, 3.63) is 72.7 Å². The van der Waals surface area contributed by atoms with Crippen LogP contribution in [0.1, 0.15) is 25.8 Å². The van der Waals surface area contributed by atoms with Crippen molar-refractivity contribution < 1.29 is 0 Å². The van der Waals surface area contributed by atoms with Gasteiger partial charge in [-0.3, -0.25) is 0 Å². The molecule has 1 aliphatic heterocycles. The minimum Gasteiger partial charge on any atom is -0.355 e. The van der Waals surface area contributed by atoms with Gasteiger partial charge in [0.15, 0.2) is 5.65 Å². The molecular weight excluding hydrogens is 368 g/mol. The quantitative estimate of drug-likeness (QED) is 0.434. The van der Waals surface area contributed by atoms with Gasteiger partial charge in [-0.2, -0.15) is 0 Å². The first kappa shape index (κ1) is 18.9. The molecule has 0 unspecified atom stereocenters. The highest BCUT2D eigenvalue weighted by atomic mass is 15.2. The second-order valence-corrected chi connectivity index (χ2v) is 8.86. The van der Waals surface area contributed by atoms with Gasteiger partial charge in [-0.1, -0.05) is 56.3 Å². The maximum Gasteiger partial charge on any atom is 0.150 e. The summed E-state index contributed by atoms with van der Waals surface area (Å²) >= 11 is 0. The van der Waals surface area contributed by atoms with Gasteiger partial charge in [-0.05, 0) is 48.4 Å². The first-order chi connectivity index (χ1) is 14.6. The fourth-order valence-electron chi connectivity index (χ4n) is 4.93. The molecule has 4 heteroatoms. The highest BCUT2D eigenvalue weighted by molar-refractivity contribution is 6.02. The molecule has 2 aromatic heterocycles.